The first-order chi connectivity index (χ1) is 17.9. The van der Waals surface area contributed by atoms with Crippen molar-refractivity contribution < 1.29 is 9.53 Å². The molecule has 0 aliphatic carbocycles. The van der Waals surface area contributed by atoms with E-state index in [9.17, 15) is 9.59 Å². The van der Waals surface area contributed by atoms with E-state index in [2.05, 4.69) is 34.9 Å². The Hall–Kier alpha value is -3.55. The first-order valence-corrected chi connectivity index (χ1v) is 13.5. The Morgan fingerprint density at radius 2 is 1.86 bits per heavy atom. The molecule has 0 amide bonds. The Bertz CT molecular complexity index is 1660. The number of Topliss-reactive ketones (excluding diaryl/α,β-unsaturated/α-hetero) is 1. The Morgan fingerprint density at radius 1 is 1.11 bits per heavy atom. The molecule has 1 aromatic carbocycles. The molecule has 37 heavy (non-hydrogen) atoms. The monoisotopic (exact) mass is 511 g/mol. The minimum absolute atomic E-state index is 0.00852. The molecule has 0 radical (unpaired) electrons. The standard InChI is InChI=1S/C30H29N3O3S/c1-18-13-23(17-32(3)30(18)35)26-15-25-29(37-26)27-24(14-22(16-31-27)19(2)34)33(25)28(20-7-5-4-6-8-20)21-9-11-36-12-10-21/h4-8,13-17,21,28H,9-12H2,1-3H3. The summed E-state index contributed by atoms with van der Waals surface area (Å²) in [5.41, 5.74) is 6.61. The second kappa shape index (κ2) is 9.39. The molecule has 4 aromatic heterocycles. The van der Waals surface area contributed by atoms with Gasteiger partial charge in [0.05, 0.1) is 21.8 Å². The molecule has 1 fully saturated rings. The summed E-state index contributed by atoms with van der Waals surface area (Å²) in [6.07, 6.45) is 5.53. The average molecular weight is 512 g/mol. The maximum Gasteiger partial charge on any atom is 0.253 e. The van der Waals surface area contributed by atoms with E-state index in [-0.39, 0.29) is 17.4 Å². The van der Waals surface area contributed by atoms with Gasteiger partial charge < -0.3 is 13.9 Å². The van der Waals surface area contributed by atoms with Crippen LogP contribution >= 0.6 is 11.3 Å². The number of thiophene rings is 1. The van der Waals surface area contributed by atoms with Crippen LogP contribution in [0.1, 0.15) is 47.3 Å². The molecule has 0 spiro atoms. The number of ketones is 1. The molecule has 1 saturated heterocycles. The highest BCUT2D eigenvalue weighted by Gasteiger charge is 2.31. The third-order valence-electron chi connectivity index (χ3n) is 7.50. The van der Waals surface area contributed by atoms with Crippen LogP contribution in [-0.4, -0.2) is 33.1 Å². The van der Waals surface area contributed by atoms with Crippen molar-refractivity contribution in [2.24, 2.45) is 13.0 Å². The number of aromatic nitrogens is 3. The first kappa shape index (κ1) is 23.8. The van der Waals surface area contributed by atoms with Crippen molar-refractivity contribution in [3.8, 4) is 10.4 Å². The van der Waals surface area contributed by atoms with Crippen molar-refractivity contribution in [3.63, 3.8) is 0 Å². The number of nitrogens with zero attached hydrogens (tertiary/aromatic N) is 3. The molecule has 1 unspecified atom stereocenters. The Morgan fingerprint density at radius 3 is 2.57 bits per heavy atom. The van der Waals surface area contributed by atoms with Gasteiger partial charge in [-0.2, -0.15) is 0 Å². The molecule has 6 nitrogen and oxygen atoms in total. The maximum absolute atomic E-state index is 12.3. The van der Waals surface area contributed by atoms with Crippen LogP contribution in [0.15, 0.2) is 65.7 Å². The average Bonchev–Trinajstić information content (AvgIpc) is 3.46. The number of hydrogen-bond donors (Lipinski definition) is 0. The fourth-order valence-electron chi connectivity index (χ4n) is 5.63. The summed E-state index contributed by atoms with van der Waals surface area (Å²) in [7, 11) is 1.79. The Balaban J connectivity index is 1.65. The van der Waals surface area contributed by atoms with Crippen molar-refractivity contribution in [2.45, 2.75) is 32.7 Å². The van der Waals surface area contributed by atoms with Gasteiger partial charge in [-0.05, 0) is 56.4 Å². The van der Waals surface area contributed by atoms with Crippen LogP contribution in [0, 0.1) is 12.8 Å². The van der Waals surface area contributed by atoms with Crippen LogP contribution < -0.4 is 5.56 Å². The highest BCUT2D eigenvalue weighted by Crippen LogP contribution is 2.44. The van der Waals surface area contributed by atoms with Crippen molar-refractivity contribution in [1.82, 2.24) is 14.1 Å². The van der Waals surface area contributed by atoms with Gasteiger partial charge in [0.1, 0.15) is 5.52 Å². The van der Waals surface area contributed by atoms with Crippen LogP contribution in [-0.2, 0) is 11.8 Å². The lowest BCUT2D eigenvalue weighted by molar-refractivity contribution is 0.0553. The maximum atomic E-state index is 12.3. The predicted molar refractivity (Wildman–Crippen MR) is 149 cm³/mol. The quantitative estimate of drug-likeness (QED) is 0.266. The van der Waals surface area contributed by atoms with Crippen LogP contribution in [0.25, 0.3) is 31.7 Å². The van der Waals surface area contributed by atoms with Crippen LogP contribution in [0.5, 0.6) is 0 Å². The molecule has 5 aromatic rings. The van der Waals surface area contributed by atoms with Gasteiger partial charge in [0, 0.05) is 54.2 Å². The molecule has 0 N–H and O–H groups in total. The molecule has 7 heteroatoms. The number of fused-ring (bicyclic) bond motifs is 3. The topological polar surface area (TPSA) is 66.1 Å². The number of carbonyl (C=O) groups is 1. The highest BCUT2D eigenvalue weighted by atomic mass is 32.1. The molecule has 0 bridgehead atoms. The van der Waals surface area contributed by atoms with Gasteiger partial charge in [-0.3, -0.25) is 14.6 Å². The zero-order chi connectivity index (χ0) is 25.7. The normalized spacial score (nSPS) is 15.4. The molecule has 1 atom stereocenters. The molecular weight excluding hydrogens is 482 g/mol. The zero-order valence-corrected chi connectivity index (χ0v) is 22.0. The van der Waals surface area contributed by atoms with Crippen molar-refractivity contribution in [2.75, 3.05) is 13.2 Å². The summed E-state index contributed by atoms with van der Waals surface area (Å²) in [6, 6.07) is 16.9. The number of benzene rings is 1. The third-order valence-corrected chi connectivity index (χ3v) is 8.68. The van der Waals surface area contributed by atoms with Gasteiger partial charge in [0.2, 0.25) is 0 Å². The predicted octanol–water partition coefficient (Wildman–Crippen LogP) is 6.14. The third kappa shape index (κ3) is 4.12. The summed E-state index contributed by atoms with van der Waals surface area (Å²) < 4.78 is 10.9. The van der Waals surface area contributed by atoms with Crippen LogP contribution in [0.2, 0.25) is 0 Å². The van der Waals surface area contributed by atoms with Gasteiger partial charge >= 0.3 is 0 Å². The Labute approximate surface area is 219 Å². The van der Waals surface area contributed by atoms with Gasteiger partial charge in [-0.25, -0.2) is 0 Å². The number of carbonyl (C=O) groups excluding carboxylic acids is 1. The van der Waals surface area contributed by atoms with E-state index in [1.807, 2.05) is 31.3 Å². The van der Waals surface area contributed by atoms with E-state index in [0.29, 0.717) is 11.5 Å². The van der Waals surface area contributed by atoms with Crippen molar-refractivity contribution in [1.29, 1.82) is 0 Å². The number of hydrogen-bond acceptors (Lipinski definition) is 5. The SMILES string of the molecule is CC(=O)c1cnc2c3sc(-c4cc(C)c(=O)n(C)c4)cc3n(C(c3ccccc3)C3CCOCC3)c2c1. The van der Waals surface area contributed by atoms with E-state index >= 15 is 0 Å². The second-order valence-electron chi connectivity index (χ2n) is 9.98. The minimum Gasteiger partial charge on any atom is -0.381 e. The van der Waals surface area contributed by atoms with Crippen LogP contribution in [0.4, 0.5) is 0 Å². The largest absolute Gasteiger partial charge is 0.381 e. The first-order valence-electron chi connectivity index (χ1n) is 12.7. The number of rotatable bonds is 5. The van der Waals surface area contributed by atoms with E-state index in [1.54, 1.807) is 36.1 Å². The molecule has 6 rings (SSSR count). The molecule has 5 heterocycles. The molecule has 1 aliphatic heterocycles. The van der Waals surface area contributed by atoms with E-state index < -0.39 is 0 Å². The lowest BCUT2D eigenvalue weighted by atomic mass is 9.86. The van der Waals surface area contributed by atoms with Gasteiger partial charge in [-0.1, -0.05) is 30.3 Å². The van der Waals surface area contributed by atoms with Gasteiger partial charge in [-0.15, -0.1) is 11.3 Å². The molecular formula is C30H29N3O3S. The fourth-order valence-corrected chi connectivity index (χ4v) is 6.77. The number of pyridine rings is 2. The minimum atomic E-state index is 0.00852. The number of ether oxygens (including phenoxy) is 1. The Kier molecular flexibility index (Phi) is 6.05. The summed E-state index contributed by atoms with van der Waals surface area (Å²) in [4.78, 5) is 30.6. The molecule has 0 saturated carbocycles. The lowest BCUT2D eigenvalue weighted by Crippen LogP contribution is -2.26. The van der Waals surface area contributed by atoms with E-state index in [4.69, 9.17) is 9.72 Å². The van der Waals surface area contributed by atoms with E-state index in [0.717, 1.165) is 63.3 Å². The lowest BCUT2D eigenvalue weighted by Gasteiger charge is -2.33. The smallest absolute Gasteiger partial charge is 0.253 e. The molecule has 1 aliphatic rings. The van der Waals surface area contributed by atoms with Gasteiger partial charge in [0.25, 0.3) is 5.56 Å². The second-order valence-corrected chi connectivity index (χ2v) is 11.0. The summed E-state index contributed by atoms with van der Waals surface area (Å²) >= 11 is 1.69. The van der Waals surface area contributed by atoms with Crippen LogP contribution in [0.3, 0.4) is 0 Å². The van der Waals surface area contributed by atoms with Crippen molar-refractivity contribution >= 4 is 38.4 Å². The fraction of sp³-hybridized carbons (Fsp3) is 0.300. The highest BCUT2D eigenvalue weighted by molar-refractivity contribution is 7.23. The summed E-state index contributed by atoms with van der Waals surface area (Å²) in [6.45, 7) is 4.95. The van der Waals surface area contributed by atoms with Gasteiger partial charge in [0.15, 0.2) is 5.78 Å². The molecule has 188 valence electrons. The van der Waals surface area contributed by atoms with E-state index in [1.165, 1.54) is 5.56 Å². The summed E-state index contributed by atoms with van der Waals surface area (Å²) in [5, 5.41) is 0. The van der Waals surface area contributed by atoms with Crippen molar-refractivity contribution in [3.05, 3.63) is 88.0 Å². The zero-order valence-electron chi connectivity index (χ0n) is 21.2. The number of aryl methyl sites for hydroxylation is 2. The summed E-state index contributed by atoms with van der Waals surface area (Å²) in [5.74, 6) is 0.397.